The first kappa shape index (κ1) is 16.1. The molecule has 0 aliphatic heterocycles. The number of allylic oxidation sites excluding steroid dienone is 1. The monoisotopic (exact) mass is 351 g/mol. The highest BCUT2D eigenvalue weighted by molar-refractivity contribution is 7.18. The molecule has 128 valence electrons. The molecule has 1 aromatic carbocycles. The summed E-state index contributed by atoms with van der Waals surface area (Å²) in [5.74, 6) is 0.585. The second-order valence-electron chi connectivity index (χ2n) is 6.53. The number of aromatic nitrogens is 2. The van der Waals surface area contributed by atoms with Gasteiger partial charge in [-0.2, -0.15) is 0 Å². The molecule has 1 aliphatic rings. The number of nitrogens with zero attached hydrogens (tertiary/aromatic N) is 2. The normalized spacial score (nSPS) is 13.6. The van der Waals surface area contributed by atoms with Gasteiger partial charge in [0.1, 0.15) is 4.83 Å². The van der Waals surface area contributed by atoms with Crippen molar-refractivity contribution in [2.24, 2.45) is 0 Å². The molecule has 3 aromatic rings. The molecule has 0 amide bonds. The SMILES string of the molecule is C=CCn1c(Nc2cccc(C)c2)nc2sc3c(c2c1=O)CCCC3. The summed E-state index contributed by atoms with van der Waals surface area (Å²) in [7, 11) is 0. The molecule has 25 heavy (non-hydrogen) atoms. The average Bonchev–Trinajstić information content (AvgIpc) is 2.96. The van der Waals surface area contributed by atoms with Crippen LogP contribution in [0.3, 0.4) is 0 Å². The fourth-order valence-electron chi connectivity index (χ4n) is 3.48. The minimum Gasteiger partial charge on any atom is -0.325 e. The molecule has 0 spiro atoms. The first-order valence-electron chi connectivity index (χ1n) is 8.67. The molecule has 1 N–H and O–H groups in total. The Morgan fingerprint density at radius 2 is 2.20 bits per heavy atom. The molecule has 0 saturated heterocycles. The van der Waals surface area contributed by atoms with E-state index in [9.17, 15) is 4.79 Å². The molecule has 0 bridgehead atoms. The van der Waals surface area contributed by atoms with Crippen LogP contribution < -0.4 is 10.9 Å². The number of rotatable bonds is 4. The van der Waals surface area contributed by atoms with Gasteiger partial charge in [-0.3, -0.25) is 9.36 Å². The number of anilines is 2. The Kier molecular flexibility index (Phi) is 4.17. The molecule has 4 rings (SSSR count). The molecular weight excluding hydrogens is 330 g/mol. The topological polar surface area (TPSA) is 46.9 Å². The Labute approximate surface area is 150 Å². The van der Waals surface area contributed by atoms with Crippen LogP contribution >= 0.6 is 11.3 Å². The first-order chi connectivity index (χ1) is 12.2. The third-order valence-corrected chi connectivity index (χ3v) is 5.85. The van der Waals surface area contributed by atoms with Crippen molar-refractivity contribution in [3.63, 3.8) is 0 Å². The minimum absolute atomic E-state index is 0.0412. The molecule has 2 aromatic heterocycles. The fourth-order valence-corrected chi connectivity index (χ4v) is 4.74. The van der Waals surface area contributed by atoms with Gasteiger partial charge in [0.15, 0.2) is 0 Å². The summed E-state index contributed by atoms with van der Waals surface area (Å²) in [5, 5.41) is 4.14. The van der Waals surface area contributed by atoms with Crippen molar-refractivity contribution in [3.05, 3.63) is 63.3 Å². The molecule has 0 fully saturated rings. The van der Waals surface area contributed by atoms with Gasteiger partial charge in [0.25, 0.3) is 5.56 Å². The lowest BCUT2D eigenvalue weighted by molar-refractivity contribution is 0.698. The van der Waals surface area contributed by atoms with Gasteiger partial charge in [0, 0.05) is 17.1 Å². The van der Waals surface area contributed by atoms with E-state index < -0.39 is 0 Å². The van der Waals surface area contributed by atoms with Crippen LogP contribution in [0.2, 0.25) is 0 Å². The lowest BCUT2D eigenvalue weighted by Gasteiger charge is -2.14. The molecule has 0 atom stereocenters. The van der Waals surface area contributed by atoms with Crippen molar-refractivity contribution in [2.45, 2.75) is 39.2 Å². The van der Waals surface area contributed by atoms with Crippen LogP contribution in [0.15, 0.2) is 41.7 Å². The largest absolute Gasteiger partial charge is 0.325 e. The van der Waals surface area contributed by atoms with E-state index in [2.05, 4.69) is 11.9 Å². The smallest absolute Gasteiger partial charge is 0.264 e. The minimum atomic E-state index is 0.0412. The van der Waals surface area contributed by atoms with Gasteiger partial charge in [-0.1, -0.05) is 18.2 Å². The van der Waals surface area contributed by atoms with E-state index >= 15 is 0 Å². The Morgan fingerprint density at radius 3 is 3.00 bits per heavy atom. The molecule has 4 nitrogen and oxygen atoms in total. The number of hydrogen-bond donors (Lipinski definition) is 1. The van der Waals surface area contributed by atoms with E-state index in [1.807, 2.05) is 31.2 Å². The lowest BCUT2D eigenvalue weighted by Crippen LogP contribution is -2.24. The highest BCUT2D eigenvalue weighted by atomic mass is 32.1. The van der Waals surface area contributed by atoms with E-state index in [-0.39, 0.29) is 5.56 Å². The average molecular weight is 351 g/mol. The quantitative estimate of drug-likeness (QED) is 0.700. The molecule has 1 aliphatic carbocycles. The predicted molar refractivity (Wildman–Crippen MR) is 105 cm³/mol. The zero-order valence-electron chi connectivity index (χ0n) is 14.3. The summed E-state index contributed by atoms with van der Waals surface area (Å²) < 4.78 is 1.69. The maximum Gasteiger partial charge on any atom is 0.264 e. The second-order valence-corrected chi connectivity index (χ2v) is 7.61. The second kappa shape index (κ2) is 6.48. The van der Waals surface area contributed by atoms with Gasteiger partial charge in [-0.15, -0.1) is 17.9 Å². The van der Waals surface area contributed by atoms with Gasteiger partial charge < -0.3 is 5.32 Å². The summed E-state index contributed by atoms with van der Waals surface area (Å²) >= 11 is 1.68. The fraction of sp³-hybridized carbons (Fsp3) is 0.300. The third kappa shape index (κ3) is 2.89. The van der Waals surface area contributed by atoms with E-state index in [0.29, 0.717) is 12.5 Å². The summed E-state index contributed by atoms with van der Waals surface area (Å²) in [4.78, 5) is 20.2. The number of fused-ring (bicyclic) bond motifs is 3. The lowest BCUT2D eigenvalue weighted by atomic mass is 9.97. The standard InChI is InChI=1S/C20H21N3OS/c1-3-11-23-19(24)17-15-9-4-5-10-16(15)25-18(17)22-20(23)21-14-8-6-7-13(2)12-14/h3,6-8,12H,1,4-5,9-11H2,2H3,(H,21,22). The van der Waals surface area contributed by atoms with Crippen LogP contribution in [0.5, 0.6) is 0 Å². The molecule has 0 saturated carbocycles. The van der Waals surface area contributed by atoms with Crippen molar-refractivity contribution in [3.8, 4) is 0 Å². The van der Waals surface area contributed by atoms with Crippen molar-refractivity contribution in [2.75, 3.05) is 5.32 Å². The summed E-state index contributed by atoms with van der Waals surface area (Å²) in [6, 6.07) is 8.08. The molecule has 2 heterocycles. The zero-order valence-corrected chi connectivity index (χ0v) is 15.2. The Bertz CT molecular complexity index is 1020. The van der Waals surface area contributed by atoms with E-state index in [1.165, 1.54) is 16.9 Å². The Balaban J connectivity index is 1.89. The van der Waals surface area contributed by atoms with Crippen LogP contribution in [-0.4, -0.2) is 9.55 Å². The van der Waals surface area contributed by atoms with Gasteiger partial charge in [0.2, 0.25) is 5.95 Å². The number of benzene rings is 1. The van der Waals surface area contributed by atoms with Gasteiger partial charge in [-0.25, -0.2) is 4.98 Å². The highest BCUT2D eigenvalue weighted by Crippen LogP contribution is 2.34. The first-order valence-corrected chi connectivity index (χ1v) is 9.48. The summed E-state index contributed by atoms with van der Waals surface area (Å²) in [5.41, 5.74) is 3.36. The van der Waals surface area contributed by atoms with Crippen LogP contribution in [-0.2, 0) is 19.4 Å². The molecule has 5 heteroatoms. The Hall–Kier alpha value is -2.40. The van der Waals surface area contributed by atoms with Crippen molar-refractivity contribution in [1.29, 1.82) is 0 Å². The van der Waals surface area contributed by atoms with Crippen LogP contribution in [0.1, 0.15) is 28.8 Å². The highest BCUT2D eigenvalue weighted by Gasteiger charge is 2.21. The van der Waals surface area contributed by atoms with Gasteiger partial charge in [-0.05, 0) is 55.9 Å². The number of thiophene rings is 1. The Morgan fingerprint density at radius 1 is 1.36 bits per heavy atom. The molecular formula is C20H21N3OS. The van der Waals surface area contributed by atoms with Gasteiger partial charge >= 0.3 is 0 Å². The predicted octanol–water partition coefficient (Wildman–Crippen LogP) is 4.57. The van der Waals surface area contributed by atoms with Crippen molar-refractivity contribution >= 4 is 33.2 Å². The maximum absolute atomic E-state index is 13.2. The number of hydrogen-bond acceptors (Lipinski definition) is 4. The number of nitrogens with one attached hydrogen (secondary N) is 1. The summed E-state index contributed by atoms with van der Waals surface area (Å²) in [6.45, 7) is 6.29. The van der Waals surface area contributed by atoms with Crippen LogP contribution in [0.4, 0.5) is 11.6 Å². The summed E-state index contributed by atoms with van der Waals surface area (Å²) in [6.07, 6.45) is 6.16. The van der Waals surface area contributed by atoms with Crippen LogP contribution in [0, 0.1) is 6.92 Å². The van der Waals surface area contributed by atoms with E-state index in [1.54, 1.807) is 22.0 Å². The van der Waals surface area contributed by atoms with Crippen molar-refractivity contribution in [1.82, 2.24) is 9.55 Å². The van der Waals surface area contributed by atoms with Crippen molar-refractivity contribution < 1.29 is 0 Å². The van der Waals surface area contributed by atoms with E-state index in [4.69, 9.17) is 4.98 Å². The maximum atomic E-state index is 13.2. The van der Waals surface area contributed by atoms with Crippen LogP contribution in [0.25, 0.3) is 10.2 Å². The van der Waals surface area contributed by atoms with Gasteiger partial charge in [0.05, 0.1) is 5.39 Å². The number of aryl methyl sites for hydroxylation is 3. The zero-order chi connectivity index (χ0) is 17.4. The van der Waals surface area contributed by atoms with E-state index in [0.717, 1.165) is 40.7 Å². The molecule has 0 unspecified atom stereocenters. The molecule has 0 radical (unpaired) electrons. The third-order valence-electron chi connectivity index (χ3n) is 4.66.